The first kappa shape index (κ1) is 12.0. The summed E-state index contributed by atoms with van der Waals surface area (Å²) in [7, 11) is 0. The number of hydrogen-bond donors (Lipinski definition) is 1. The van der Waals surface area contributed by atoms with Gasteiger partial charge in [0.05, 0.1) is 6.42 Å². The van der Waals surface area contributed by atoms with Crippen LogP contribution in [0.3, 0.4) is 0 Å². The molecular weight excluding hydrogens is 214 g/mol. The zero-order valence-corrected chi connectivity index (χ0v) is 10.6. The Morgan fingerprint density at radius 1 is 1.53 bits per heavy atom. The molecule has 1 heterocycles. The Morgan fingerprint density at radius 3 is 2.82 bits per heavy atom. The highest BCUT2D eigenvalue weighted by Crippen LogP contribution is 2.35. The maximum Gasteiger partial charge on any atom is 0.305 e. The van der Waals surface area contributed by atoms with E-state index in [9.17, 15) is 4.79 Å². The minimum atomic E-state index is -0.717. The molecule has 1 aliphatic rings. The molecule has 1 unspecified atom stereocenters. The van der Waals surface area contributed by atoms with Crippen LogP contribution in [0.1, 0.15) is 31.4 Å². The van der Waals surface area contributed by atoms with Crippen molar-refractivity contribution in [3.8, 4) is 0 Å². The highest BCUT2D eigenvalue weighted by molar-refractivity contribution is 5.71. The van der Waals surface area contributed by atoms with Crippen LogP contribution >= 0.6 is 0 Å². The van der Waals surface area contributed by atoms with Gasteiger partial charge in [0.2, 0.25) is 0 Å². The Bertz CT molecular complexity index is 440. The first-order chi connectivity index (χ1) is 7.99. The smallest absolute Gasteiger partial charge is 0.305 e. The van der Waals surface area contributed by atoms with Crippen LogP contribution in [0.5, 0.6) is 0 Å². The summed E-state index contributed by atoms with van der Waals surface area (Å²) in [6.45, 7) is 6.30. The molecule has 1 atom stereocenters. The summed E-state index contributed by atoms with van der Waals surface area (Å²) in [5.74, 6) is -0.717. The molecule has 3 heteroatoms. The van der Waals surface area contributed by atoms with E-state index in [1.807, 2.05) is 0 Å². The van der Waals surface area contributed by atoms with Crippen LogP contribution in [0, 0.1) is 6.92 Å². The summed E-state index contributed by atoms with van der Waals surface area (Å²) in [6.07, 6.45) is 1.06. The van der Waals surface area contributed by atoms with Gasteiger partial charge in [-0.1, -0.05) is 17.7 Å². The first-order valence-electron chi connectivity index (χ1n) is 6.08. The molecule has 3 nitrogen and oxygen atoms in total. The molecule has 1 aliphatic heterocycles. The average Bonchev–Trinajstić information content (AvgIpc) is 2.53. The zero-order chi connectivity index (χ0) is 12.6. The highest BCUT2D eigenvalue weighted by atomic mass is 16.4. The fourth-order valence-corrected chi connectivity index (χ4v) is 2.75. The van der Waals surface area contributed by atoms with E-state index in [1.54, 1.807) is 0 Å². The van der Waals surface area contributed by atoms with Gasteiger partial charge in [-0.2, -0.15) is 0 Å². The lowest BCUT2D eigenvalue weighted by molar-refractivity contribution is -0.137. The predicted molar refractivity (Wildman–Crippen MR) is 68.5 cm³/mol. The minimum absolute atomic E-state index is 0.101. The predicted octanol–water partition coefficient (Wildman–Crippen LogP) is 2.61. The Balaban J connectivity index is 2.33. The summed E-state index contributed by atoms with van der Waals surface area (Å²) < 4.78 is 0. The Hall–Kier alpha value is -1.51. The summed E-state index contributed by atoms with van der Waals surface area (Å²) in [6, 6.07) is 6.82. The second-order valence-corrected chi connectivity index (χ2v) is 5.09. The molecule has 2 rings (SSSR count). The van der Waals surface area contributed by atoms with Crippen LogP contribution in [-0.2, 0) is 11.2 Å². The van der Waals surface area contributed by atoms with Gasteiger partial charge in [-0.25, -0.2) is 0 Å². The maximum absolute atomic E-state index is 10.9. The summed E-state index contributed by atoms with van der Waals surface area (Å²) in [5.41, 5.74) is 3.73. The molecule has 1 aromatic carbocycles. The highest BCUT2D eigenvalue weighted by Gasteiger charge is 2.32. The van der Waals surface area contributed by atoms with Gasteiger partial charge in [0, 0.05) is 17.8 Å². The SMILES string of the molecule is Cc1ccc2c(c1)CC(CC(=O)O)N2C(C)C. The van der Waals surface area contributed by atoms with Crippen LogP contribution < -0.4 is 4.90 Å². The third-order valence-electron chi connectivity index (χ3n) is 3.33. The van der Waals surface area contributed by atoms with Gasteiger partial charge in [-0.05, 0) is 38.8 Å². The molecule has 0 aromatic heterocycles. The van der Waals surface area contributed by atoms with E-state index in [2.05, 4.69) is 43.9 Å². The fraction of sp³-hybridized carbons (Fsp3) is 0.500. The van der Waals surface area contributed by atoms with E-state index >= 15 is 0 Å². The lowest BCUT2D eigenvalue weighted by atomic mass is 10.1. The van der Waals surface area contributed by atoms with E-state index in [4.69, 9.17) is 5.11 Å². The number of anilines is 1. The lowest BCUT2D eigenvalue weighted by Gasteiger charge is -2.30. The molecule has 0 saturated carbocycles. The standard InChI is InChI=1S/C14H19NO2/c1-9(2)15-12(8-14(16)17)7-11-6-10(3)4-5-13(11)15/h4-6,9,12H,7-8H2,1-3H3,(H,16,17). The molecule has 0 radical (unpaired) electrons. The second-order valence-electron chi connectivity index (χ2n) is 5.09. The van der Waals surface area contributed by atoms with Crippen LogP contribution in [0.2, 0.25) is 0 Å². The molecule has 0 spiro atoms. The third kappa shape index (κ3) is 2.28. The molecule has 0 aliphatic carbocycles. The molecule has 17 heavy (non-hydrogen) atoms. The molecular formula is C14H19NO2. The largest absolute Gasteiger partial charge is 0.481 e. The molecule has 0 amide bonds. The minimum Gasteiger partial charge on any atom is -0.481 e. The number of nitrogens with zero attached hydrogens (tertiary/aromatic N) is 1. The number of aryl methyl sites for hydroxylation is 1. The van der Waals surface area contributed by atoms with Gasteiger partial charge in [-0.3, -0.25) is 4.79 Å². The number of rotatable bonds is 3. The number of carboxylic acids is 1. The fourth-order valence-electron chi connectivity index (χ4n) is 2.75. The summed E-state index contributed by atoms with van der Waals surface area (Å²) in [4.78, 5) is 13.2. The van der Waals surface area contributed by atoms with Crippen molar-refractivity contribution in [2.75, 3.05) is 4.90 Å². The monoisotopic (exact) mass is 233 g/mol. The number of fused-ring (bicyclic) bond motifs is 1. The van der Waals surface area contributed by atoms with Crippen molar-refractivity contribution in [1.82, 2.24) is 0 Å². The molecule has 0 saturated heterocycles. The van der Waals surface area contributed by atoms with E-state index in [0.717, 1.165) is 6.42 Å². The van der Waals surface area contributed by atoms with Gasteiger partial charge in [0.25, 0.3) is 0 Å². The van der Waals surface area contributed by atoms with Gasteiger partial charge in [-0.15, -0.1) is 0 Å². The average molecular weight is 233 g/mol. The van der Waals surface area contributed by atoms with Gasteiger partial charge in [0.15, 0.2) is 0 Å². The number of benzene rings is 1. The quantitative estimate of drug-likeness (QED) is 0.872. The summed E-state index contributed by atoms with van der Waals surface area (Å²) in [5, 5.41) is 8.98. The molecule has 92 valence electrons. The Kier molecular flexibility index (Phi) is 3.09. The Morgan fingerprint density at radius 2 is 2.24 bits per heavy atom. The van der Waals surface area contributed by atoms with Crippen LogP contribution in [0.15, 0.2) is 18.2 Å². The van der Waals surface area contributed by atoms with Crippen LogP contribution in [-0.4, -0.2) is 23.2 Å². The molecule has 0 bridgehead atoms. The van der Waals surface area contributed by atoms with E-state index in [1.165, 1.54) is 16.8 Å². The lowest BCUT2D eigenvalue weighted by Crippen LogP contribution is -2.39. The van der Waals surface area contributed by atoms with Crippen LogP contribution in [0.25, 0.3) is 0 Å². The van der Waals surface area contributed by atoms with E-state index < -0.39 is 5.97 Å². The molecule has 0 fully saturated rings. The van der Waals surface area contributed by atoms with Crippen molar-refractivity contribution in [3.05, 3.63) is 29.3 Å². The topological polar surface area (TPSA) is 40.5 Å². The van der Waals surface area contributed by atoms with Crippen molar-refractivity contribution in [3.63, 3.8) is 0 Å². The first-order valence-corrected chi connectivity index (χ1v) is 6.08. The van der Waals surface area contributed by atoms with E-state index in [0.29, 0.717) is 6.04 Å². The van der Waals surface area contributed by atoms with E-state index in [-0.39, 0.29) is 12.5 Å². The number of carboxylic acid groups (broad SMARTS) is 1. The summed E-state index contributed by atoms with van der Waals surface area (Å²) >= 11 is 0. The number of hydrogen-bond acceptors (Lipinski definition) is 2. The van der Waals surface area contributed by atoms with Crippen molar-refractivity contribution in [1.29, 1.82) is 0 Å². The van der Waals surface area contributed by atoms with Crippen molar-refractivity contribution in [2.24, 2.45) is 0 Å². The molecule has 1 aromatic rings. The number of aliphatic carboxylic acids is 1. The van der Waals surface area contributed by atoms with Gasteiger partial charge >= 0.3 is 5.97 Å². The molecule has 1 N–H and O–H groups in total. The Labute approximate surface area is 102 Å². The van der Waals surface area contributed by atoms with Crippen LogP contribution in [0.4, 0.5) is 5.69 Å². The second kappa shape index (κ2) is 4.40. The van der Waals surface area contributed by atoms with Gasteiger partial charge in [0.1, 0.15) is 0 Å². The zero-order valence-electron chi connectivity index (χ0n) is 10.6. The number of carbonyl (C=O) groups is 1. The van der Waals surface area contributed by atoms with Crippen molar-refractivity contribution >= 4 is 11.7 Å². The van der Waals surface area contributed by atoms with Gasteiger partial charge < -0.3 is 10.0 Å². The van der Waals surface area contributed by atoms with Crippen molar-refractivity contribution < 1.29 is 9.90 Å². The maximum atomic E-state index is 10.9. The van der Waals surface area contributed by atoms with Crippen molar-refractivity contribution in [2.45, 2.75) is 45.7 Å². The normalized spacial score (nSPS) is 18.6. The third-order valence-corrected chi connectivity index (χ3v) is 3.33.